The Hall–Kier alpha value is -1.75. The first kappa shape index (κ1) is 23.5. The van der Waals surface area contributed by atoms with Crippen LogP contribution in [0.3, 0.4) is 0 Å². The molecule has 1 aromatic carbocycles. The second-order valence-corrected chi connectivity index (χ2v) is 8.07. The minimum Gasteiger partial charge on any atom is -0.389 e. The number of alkyl halides is 2. The van der Waals surface area contributed by atoms with E-state index in [2.05, 4.69) is 19.1 Å². The molecule has 2 rings (SSSR count). The fraction of sp³-hybridized carbons (Fsp3) is 0.625. The zero-order valence-corrected chi connectivity index (χ0v) is 17.5. The van der Waals surface area contributed by atoms with E-state index < -0.39 is 30.4 Å². The Bertz CT molecular complexity index is 633. The number of amides is 1. The second kappa shape index (κ2) is 12.1. The number of benzene rings is 1. The van der Waals surface area contributed by atoms with Crippen molar-refractivity contribution in [1.82, 2.24) is 4.90 Å². The summed E-state index contributed by atoms with van der Waals surface area (Å²) >= 11 is 0. The van der Waals surface area contributed by atoms with Crippen molar-refractivity contribution in [1.29, 1.82) is 0 Å². The van der Waals surface area contributed by atoms with Gasteiger partial charge in [0.05, 0.1) is 12.1 Å². The van der Waals surface area contributed by atoms with Crippen LogP contribution in [0.25, 0.3) is 0 Å². The van der Waals surface area contributed by atoms with Crippen LogP contribution in [0, 0.1) is 0 Å². The van der Waals surface area contributed by atoms with Crippen molar-refractivity contribution in [3.63, 3.8) is 0 Å². The fourth-order valence-electron chi connectivity index (χ4n) is 3.83. The molecule has 1 heterocycles. The Labute approximate surface area is 173 Å². The van der Waals surface area contributed by atoms with Crippen molar-refractivity contribution in [2.24, 2.45) is 0 Å². The number of hydrogen-bond acceptors (Lipinski definition) is 2. The van der Waals surface area contributed by atoms with Gasteiger partial charge in [-0.3, -0.25) is 4.79 Å². The highest BCUT2D eigenvalue weighted by Gasteiger charge is 2.52. The topological polar surface area (TPSA) is 40.5 Å². The largest absolute Gasteiger partial charge is 0.389 e. The molecule has 1 saturated heterocycles. The number of carbonyl (C=O) groups excluding carboxylic acids is 1. The summed E-state index contributed by atoms with van der Waals surface area (Å²) in [5.41, 5.74) is 1.28. The minimum absolute atomic E-state index is 0.361. The smallest absolute Gasteiger partial charge is 0.327 e. The van der Waals surface area contributed by atoms with Gasteiger partial charge >= 0.3 is 5.92 Å². The monoisotopic (exact) mass is 407 g/mol. The number of aryl methyl sites for hydroxylation is 1. The van der Waals surface area contributed by atoms with Crippen LogP contribution in [0.2, 0.25) is 0 Å². The molecule has 5 heteroatoms. The van der Waals surface area contributed by atoms with E-state index in [0.717, 1.165) is 51.4 Å². The fourth-order valence-corrected chi connectivity index (χ4v) is 3.83. The van der Waals surface area contributed by atoms with Gasteiger partial charge < -0.3 is 10.0 Å². The molecular weight excluding hydrogens is 372 g/mol. The molecule has 1 aliphatic rings. The minimum atomic E-state index is -3.29. The predicted octanol–water partition coefficient (Wildman–Crippen LogP) is 5.52. The average Bonchev–Trinajstić information content (AvgIpc) is 2.93. The number of aliphatic hydroxyl groups is 1. The molecule has 0 aromatic heterocycles. The molecule has 2 atom stereocenters. The SMILES string of the molecule is CCCCCCCN1C(=O)C(F)(F)C[C@@H]1/C=C/[C@H](O)CCCCc1ccccc1. The summed E-state index contributed by atoms with van der Waals surface area (Å²) in [7, 11) is 0. The van der Waals surface area contributed by atoms with Gasteiger partial charge in [0.25, 0.3) is 5.91 Å². The molecule has 0 saturated carbocycles. The number of likely N-dealkylation sites (tertiary alicyclic amines) is 1. The van der Waals surface area contributed by atoms with Crippen LogP contribution in [0.15, 0.2) is 42.5 Å². The number of rotatable bonds is 13. The van der Waals surface area contributed by atoms with Crippen molar-refractivity contribution in [3.8, 4) is 0 Å². The molecular formula is C24H35F2NO2. The van der Waals surface area contributed by atoms with Gasteiger partial charge in [-0.05, 0) is 31.2 Å². The summed E-state index contributed by atoms with van der Waals surface area (Å²) < 4.78 is 27.8. The maximum Gasteiger partial charge on any atom is 0.327 e. The lowest BCUT2D eigenvalue weighted by atomic mass is 10.0. The summed E-state index contributed by atoms with van der Waals surface area (Å²) in [6, 6.07) is 9.57. The lowest BCUT2D eigenvalue weighted by Crippen LogP contribution is -2.36. The molecule has 0 unspecified atom stereocenters. The van der Waals surface area contributed by atoms with Gasteiger partial charge in [-0.25, -0.2) is 0 Å². The quantitative estimate of drug-likeness (QED) is 0.345. The Kier molecular flexibility index (Phi) is 9.79. The number of carbonyl (C=O) groups is 1. The van der Waals surface area contributed by atoms with Crippen LogP contribution in [0.5, 0.6) is 0 Å². The van der Waals surface area contributed by atoms with E-state index in [1.807, 2.05) is 18.2 Å². The Balaban J connectivity index is 1.76. The molecule has 29 heavy (non-hydrogen) atoms. The molecule has 1 N–H and O–H groups in total. The summed E-state index contributed by atoms with van der Waals surface area (Å²) in [6.07, 6.45) is 10.4. The maximum atomic E-state index is 13.9. The van der Waals surface area contributed by atoms with Gasteiger partial charge in [0.1, 0.15) is 0 Å². The van der Waals surface area contributed by atoms with Crippen LogP contribution in [-0.2, 0) is 11.2 Å². The Morgan fingerprint density at radius 3 is 2.59 bits per heavy atom. The van der Waals surface area contributed by atoms with E-state index in [0.29, 0.717) is 13.0 Å². The summed E-state index contributed by atoms with van der Waals surface area (Å²) in [4.78, 5) is 13.3. The molecule has 0 bridgehead atoms. The van der Waals surface area contributed by atoms with Crippen molar-refractivity contribution < 1.29 is 18.7 Å². The first-order chi connectivity index (χ1) is 13.9. The normalized spacial score (nSPS) is 19.9. The van der Waals surface area contributed by atoms with Crippen LogP contribution in [0.1, 0.15) is 70.3 Å². The van der Waals surface area contributed by atoms with Crippen LogP contribution >= 0.6 is 0 Å². The highest BCUT2D eigenvalue weighted by atomic mass is 19.3. The molecule has 0 radical (unpaired) electrons. The highest BCUT2D eigenvalue weighted by molar-refractivity contribution is 5.86. The van der Waals surface area contributed by atoms with Gasteiger partial charge in [0.2, 0.25) is 0 Å². The maximum absolute atomic E-state index is 13.9. The van der Waals surface area contributed by atoms with Crippen molar-refractivity contribution in [2.75, 3.05) is 6.54 Å². The van der Waals surface area contributed by atoms with Crippen LogP contribution in [-0.4, -0.2) is 40.5 Å². The molecule has 1 amide bonds. The molecule has 1 aliphatic heterocycles. The Morgan fingerprint density at radius 2 is 1.86 bits per heavy atom. The average molecular weight is 408 g/mol. The first-order valence-electron chi connectivity index (χ1n) is 11.0. The van der Waals surface area contributed by atoms with Crippen molar-refractivity contribution in [3.05, 3.63) is 48.0 Å². The molecule has 0 spiro atoms. The van der Waals surface area contributed by atoms with Crippen LogP contribution in [0.4, 0.5) is 8.78 Å². The predicted molar refractivity (Wildman–Crippen MR) is 113 cm³/mol. The molecule has 1 fully saturated rings. The third-order valence-corrected chi connectivity index (χ3v) is 5.56. The lowest BCUT2D eigenvalue weighted by Gasteiger charge is -2.22. The van der Waals surface area contributed by atoms with Gasteiger partial charge in [-0.2, -0.15) is 8.78 Å². The standard InChI is InChI=1S/C24H35F2NO2/c1-2-3-4-5-11-18-27-21(19-24(25,26)23(27)29)16-17-22(28)15-10-9-14-20-12-7-6-8-13-20/h6-8,12-13,16-17,21-22,28H,2-5,9-11,14-15,18-19H2,1H3/b17-16+/t21-,22+/m0/s1. The molecule has 3 nitrogen and oxygen atoms in total. The summed E-state index contributed by atoms with van der Waals surface area (Å²) in [5, 5.41) is 10.2. The van der Waals surface area contributed by atoms with E-state index in [1.54, 1.807) is 12.2 Å². The van der Waals surface area contributed by atoms with Gasteiger partial charge in [-0.1, -0.05) is 81.5 Å². The van der Waals surface area contributed by atoms with Crippen molar-refractivity contribution in [2.45, 2.75) is 89.2 Å². The van der Waals surface area contributed by atoms with Gasteiger partial charge in [0, 0.05) is 13.0 Å². The van der Waals surface area contributed by atoms with E-state index >= 15 is 0 Å². The molecule has 1 aromatic rings. The highest BCUT2D eigenvalue weighted by Crippen LogP contribution is 2.34. The van der Waals surface area contributed by atoms with Gasteiger partial charge in [-0.15, -0.1) is 0 Å². The van der Waals surface area contributed by atoms with E-state index in [-0.39, 0.29) is 0 Å². The number of halogens is 2. The van der Waals surface area contributed by atoms with Crippen molar-refractivity contribution >= 4 is 5.91 Å². The number of nitrogens with zero attached hydrogens (tertiary/aromatic N) is 1. The molecule has 0 aliphatic carbocycles. The Morgan fingerprint density at radius 1 is 1.14 bits per heavy atom. The van der Waals surface area contributed by atoms with E-state index in [9.17, 15) is 18.7 Å². The third-order valence-electron chi connectivity index (χ3n) is 5.56. The van der Waals surface area contributed by atoms with E-state index in [4.69, 9.17) is 0 Å². The first-order valence-corrected chi connectivity index (χ1v) is 11.0. The van der Waals surface area contributed by atoms with E-state index in [1.165, 1.54) is 10.5 Å². The number of unbranched alkanes of at least 4 members (excludes halogenated alkanes) is 5. The summed E-state index contributed by atoms with van der Waals surface area (Å²) in [5.74, 6) is -4.36. The number of hydrogen-bond donors (Lipinski definition) is 1. The van der Waals surface area contributed by atoms with Crippen LogP contribution < -0.4 is 0 Å². The number of aliphatic hydroxyl groups excluding tert-OH is 1. The summed E-state index contributed by atoms with van der Waals surface area (Å²) in [6.45, 7) is 2.48. The molecule has 162 valence electrons. The second-order valence-electron chi connectivity index (χ2n) is 8.07. The third kappa shape index (κ3) is 7.88. The van der Waals surface area contributed by atoms with Gasteiger partial charge in [0.15, 0.2) is 0 Å². The zero-order valence-electron chi connectivity index (χ0n) is 17.5. The lowest BCUT2D eigenvalue weighted by molar-refractivity contribution is -0.148. The zero-order chi connectivity index (χ0) is 21.1.